The van der Waals surface area contributed by atoms with Crippen LogP contribution in [0.25, 0.3) is 10.2 Å². The number of hydrogen-bond acceptors (Lipinski definition) is 6. The van der Waals surface area contributed by atoms with Crippen molar-refractivity contribution < 1.29 is 9.59 Å². The van der Waals surface area contributed by atoms with Crippen LogP contribution in [0, 0.1) is 0 Å². The number of nitrogens with zero attached hydrogens (tertiary/aromatic N) is 3. The molecule has 0 bridgehead atoms. The van der Waals surface area contributed by atoms with Crippen molar-refractivity contribution in [2.75, 3.05) is 11.4 Å². The van der Waals surface area contributed by atoms with Gasteiger partial charge in [0.25, 0.3) is 0 Å². The van der Waals surface area contributed by atoms with Crippen LogP contribution in [0.2, 0.25) is 0 Å². The maximum absolute atomic E-state index is 12.8. The summed E-state index contributed by atoms with van der Waals surface area (Å²) in [6, 6.07) is 8.72. The molecule has 138 valence electrons. The Balaban J connectivity index is 1.49. The number of thiophene rings is 1. The molecule has 1 atom stereocenters. The minimum absolute atomic E-state index is 0.0426. The highest BCUT2D eigenvalue weighted by molar-refractivity contribution is 7.16. The molecule has 7 nitrogen and oxygen atoms in total. The number of hydrogen-bond donors (Lipinski definition) is 2. The number of nitrogens with two attached hydrogens (primary N) is 1. The van der Waals surface area contributed by atoms with Crippen LogP contribution in [0.3, 0.4) is 0 Å². The lowest BCUT2D eigenvalue weighted by Crippen LogP contribution is -2.43. The molecule has 0 radical (unpaired) electrons. The zero-order chi connectivity index (χ0) is 18.8. The quantitative estimate of drug-likeness (QED) is 0.705. The summed E-state index contributed by atoms with van der Waals surface area (Å²) in [4.78, 5) is 35.8. The fourth-order valence-corrected chi connectivity index (χ4v) is 4.17. The highest BCUT2D eigenvalue weighted by atomic mass is 32.1. The van der Waals surface area contributed by atoms with Crippen LogP contribution in [0.1, 0.15) is 28.8 Å². The summed E-state index contributed by atoms with van der Waals surface area (Å²) in [5.74, 6) is 0.294. The van der Waals surface area contributed by atoms with E-state index in [4.69, 9.17) is 5.73 Å². The van der Waals surface area contributed by atoms with Gasteiger partial charge in [-0.25, -0.2) is 9.97 Å². The number of aromatic nitrogens is 2. The normalized spacial score (nSPS) is 16.6. The van der Waals surface area contributed by atoms with Crippen molar-refractivity contribution in [2.45, 2.75) is 25.4 Å². The van der Waals surface area contributed by atoms with Crippen LogP contribution in [-0.4, -0.2) is 34.4 Å². The summed E-state index contributed by atoms with van der Waals surface area (Å²) < 4.78 is 0. The Bertz CT molecular complexity index is 1000. The SMILES string of the molecule is NC(=O)c1cccc(CNC(=O)C2CCCN2c2ncnc3sccc23)c1. The Morgan fingerprint density at radius 2 is 2.19 bits per heavy atom. The van der Waals surface area contributed by atoms with Gasteiger partial charge in [-0.3, -0.25) is 9.59 Å². The van der Waals surface area contributed by atoms with E-state index in [-0.39, 0.29) is 11.9 Å². The lowest BCUT2D eigenvalue weighted by Gasteiger charge is -2.25. The Morgan fingerprint density at radius 3 is 3.04 bits per heavy atom. The van der Waals surface area contributed by atoms with Crippen molar-refractivity contribution in [3.8, 4) is 0 Å². The lowest BCUT2D eigenvalue weighted by atomic mass is 10.1. The molecule has 4 rings (SSSR count). The molecule has 3 heterocycles. The van der Waals surface area contributed by atoms with Crippen LogP contribution >= 0.6 is 11.3 Å². The van der Waals surface area contributed by atoms with Gasteiger partial charge in [0.15, 0.2) is 0 Å². The molecule has 2 amide bonds. The number of primary amides is 1. The topological polar surface area (TPSA) is 101 Å². The predicted octanol–water partition coefficient (Wildman–Crippen LogP) is 2.08. The van der Waals surface area contributed by atoms with Gasteiger partial charge in [-0.05, 0) is 42.0 Å². The Labute approximate surface area is 160 Å². The molecule has 1 unspecified atom stereocenters. The summed E-state index contributed by atoms with van der Waals surface area (Å²) in [7, 11) is 0. The van der Waals surface area contributed by atoms with Crippen molar-refractivity contribution in [3.05, 3.63) is 53.2 Å². The highest BCUT2D eigenvalue weighted by Crippen LogP contribution is 2.31. The molecular weight excluding hydrogens is 362 g/mol. The number of rotatable bonds is 5. The largest absolute Gasteiger partial charge is 0.366 e. The van der Waals surface area contributed by atoms with Crippen LogP contribution in [0.4, 0.5) is 5.82 Å². The van der Waals surface area contributed by atoms with Crippen LogP contribution < -0.4 is 16.0 Å². The Morgan fingerprint density at radius 1 is 1.30 bits per heavy atom. The van der Waals surface area contributed by atoms with Crippen LogP contribution in [0.15, 0.2) is 42.0 Å². The fourth-order valence-electron chi connectivity index (χ4n) is 3.44. The van der Waals surface area contributed by atoms with Crippen molar-refractivity contribution >= 4 is 39.2 Å². The van der Waals surface area contributed by atoms with Crippen molar-refractivity contribution in [3.63, 3.8) is 0 Å². The third-order valence-electron chi connectivity index (χ3n) is 4.75. The maximum atomic E-state index is 12.8. The number of anilines is 1. The zero-order valence-electron chi connectivity index (χ0n) is 14.6. The van der Waals surface area contributed by atoms with Crippen molar-refractivity contribution in [2.24, 2.45) is 5.73 Å². The standard InChI is InChI=1S/C19H19N5O2S/c20-16(25)13-4-1-3-12(9-13)10-21-18(26)15-5-2-7-24(15)17-14-6-8-27-19(14)23-11-22-17/h1,3-4,6,8-9,11,15H,2,5,7,10H2,(H2,20,25)(H,21,26). The van der Waals surface area contributed by atoms with Gasteiger partial charge in [0.1, 0.15) is 23.0 Å². The van der Waals surface area contributed by atoms with E-state index in [1.165, 1.54) is 0 Å². The average Bonchev–Trinajstić information content (AvgIpc) is 3.35. The minimum Gasteiger partial charge on any atom is -0.366 e. The molecule has 0 aliphatic carbocycles. The van der Waals surface area contributed by atoms with Gasteiger partial charge in [-0.2, -0.15) is 0 Å². The smallest absolute Gasteiger partial charge is 0.248 e. The lowest BCUT2D eigenvalue weighted by molar-refractivity contribution is -0.122. The third kappa shape index (κ3) is 3.48. The van der Waals surface area contributed by atoms with Gasteiger partial charge in [-0.1, -0.05) is 12.1 Å². The first-order chi connectivity index (χ1) is 13.1. The fraction of sp³-hybridized carbons (Fsp3) is 0.263. The predicted molar refractivity (Wildman–Crippen MR) is 105 cm³/mol. The second-order valence-corrected chi connectivity index (χ2v) is 7.37. The molecule has 2 aromatic heterocycles. The summed E-state index contributed by atoms with van der Waals surface area (Å²) >= 11 is 1.56. The molecule has 8 heteroatoms. The van der Waals surface area contributed by atoms with Crippen molar-refractivity contribution in [1.82, 2.24) is 15.3 Å². The first-order valence-corrected chi connectivity index (χ1v) is 9.63. The summed E-state index contributed by atoms with van der Waals surface area (Å²) in [5.41, 5.74) is 6.59. The van der Waals surface area contributed by atoms with Crippen molar-refractivity contribution in [1.29, 1.82) is 0 Å². The summed E-state index contributed by atoms with van der Waals surface area (Å²) in [6.45, 7) is 1.14. The van der Waals surface area contributed by atoms with E-state index in [2.05, 4.69) is 20.2 Å². The monoisotopic (exact) mass is 381 g/mol. The van der Waals surface area contributed by atoms with Crippen LogP contribution in [0.5, 0.6) is 0 Å². The van der Waals surface area contributed by atoms with Crippen LogP contribution in [-0.2, 0) is 11.3 Å². The Kier molecular flexibility index (Phi) is 4.72. The maximum Gasteiger partial charge on any atom is 0.248 e. The van der Waals surface area contributed by atoms with E-state index in [1.807, 2.05) is 17.5 Å². The van der Waals surface area contributed by atoms with Gasteiger partial charge in [0.05, 0.1) is 5.39 Å². The molecule has 1 fully saturated rings. The minimum atomic E-state index is -0.478. The molecular formula is C19H19N5O2S. The molecule has 27 heavy (non-hydrogen) atoms. The zero-order valence-corrected chi connectivity index (χ0v) is 15.4. The van der Waals surface area contributed by atoms with Gasteiger partial charge >= 0.3 is 0 Å². The molecule has 3 N–H and O–H groups in total. The molecule has 1 aliphatic heterocycles. The van der Waals surface area contributed by atoms with Gasteiger partial charge < -0.3 is 16.0 Å². The van der Waals surface area contributed by atoms with E-state index in [0.29, 0.717) is 12.1 Å². The Hall–Kier alpha value is -3.00. The molecule has 1 saturated heterocycles. The van der Waals surface area contributed by atoms with E-state index in [9.17, 15) is 9.59 Å². The van der Waals surface area contributed by atoms with E-state index < -0.39 is 5.91 Å². The average molecular weight is 381 g/mol. The summed E-state index contributed by atoms with van der Waals surface area (Å²) in [5, 5.41) is 5.94. The number of carbonyl (C=O) groups is 2. The number of amides is 2. The van der Waals surface area contributed by atoms with Gasteiger partial charge in [0, 0.05) is 18.7 Å². The summed E-state index contributed by atoms with van der Waals surface area (Å²) in [6.07, 6.45) is 3.27. The van der Waals surface area contributed by atoms with Gasteiger partial charge in [0.2, 0.25) is 11.8 Å². The second kappa shape index (κ2) is 7.32. The first kappa shape index (κ1) is 17.4. The third-order valence-corrected chi connectivity index (χ3v) is 5.57. The molecule has 3 aromatic rings. The van der Waals surface area contributed by atoms with E-state index >= 15 is 0 Å². The molecule has 0 saturated carbocycles. The number of fused-ring (bicyclic) bond motifs is 1. The number of carbonyl (C=O) groups excluding carboxylic acids is 2. The first-order valence-electron chi connectivity index (χ1n) is 8.75. The molecule has 1 aromatic carbocycles. The number of nitrogens with one attached hydrogen (secondary N) is 1. The van der Waals surface area contributed by atoms with E-state index in [1.54, 1.807) is 35.9 Å². The molecule has 1 aliphatic rings. The van der Waals surface area contributed by atoms with E-state index in [0.717, 1.165) is 41.0 Å². The van der Waals surface area contributed by atoms with Gasteiger partial charge in [-0.15, -0.1) is 11.3 Å². The number of benzene rings is 1. The molecule has 0 spiro atoms. The second-order valence-electron chi connectivity index (χ2n) is 6.47. The highest BCUT2D eigenvalue weighted by Gasteiger charge is 2.32.